The summed E-state index contributed by atoms with van der Waals surface area (Å²) in [5.74, 6) is -1.21. The molecular weight excluding hydrogens is 326 g/mol. The van der Waals surface area contributed by atoms with Gasteiger partial charge in [0.2, 0.25) is 5.91 Å². The molecule has 3 aliphatic rings. The minimum Gasteiger partial charge on any atom is -0.452 e. The number of esters is 1. The molecule has 3 fully saturated rings. The van der Waals surface area contributed by atoms with Crippen molar-refractivity contribution in [1.29, 1.82) is 0 Å². The Morgan fingerprint density at radius 1 is 1.39 bits per heavy atom. The van der Waals surface area contributed by atoms with E-state index in [9.17, 15) is 18.0 Å². The van der Waals surface area contributed by atoms with Gasteiger partial charge in [-0.05, 0) is 26.8 Å². The van der Waals surface area contributed by atoms with E-state index < -0.39 is 50.2 Å². The summed E-state index contributed by atoms with van der Waals surface area (Å²) in [6, 6.07) is 0. The first-order chi connectivity index (χ1) is 10.5. The maximum Gasteiger partial charge on any atom is 0.326 e. The van der Waals surface area contributed by atoms with Gasteiger partial charge < -0.3 is 14.8 Å². The van der Waals surface area contributed by atoms with Crippen LogP contribution in [0.4, 0.5) is 0 Å². The van der Waals surface area contributed by atoms with Crippen LogP contribution in [-0.4, -0.2) is 55.0 Å². The van der Waals surface area contributed by atoms with Crippen LogP contribution in [0, 0.1) is 0 Å². The summed E-state index contributed by atoms with van der Waals surface area (Å²) in [5, 5.41) is 1.57. The van der Waals surface area contributed by atoms with Gasteiger partial charge in [-0.3, -0.25) is 13.8 Å². The second-order valence-corrected chi connectivity index (χ2v) is 8.38. The Kier molecular flexibility index (Phi) is 3.25. The van der Waals surface area contributed by atoms with Crippen molar-refractivity contribution in [1.82, 2.24) is 5.32 Å². The fourth-order valence-corrected chi connectivity index (χ4v) is 5.85. The normalized spacial score (nSPS) is 45.7. The van der Waals surface area contributed by atoms with E-state index in [0.717, 1.165) is 6.08 Å². The zero-order valence-electron chi connectivity index (χ0n) is 13.1. The van der Waals surface area contributed by atoms with Gasteiger partial charge in [0.05, 0.1) is 0 Å². The number of carbonyl (C=O) groups excluding carboxylic acids is 2. The lowest BCUT2D eigenvalue weighted by Crippen LogP contribution is -2.64. The predicted molar refractivity (Wildman–Crippen MR) is 77.8 cm³/mol. The number of hydrogen-bond acceptors (Lipinski definition) is 7. The van der Waals surface area contributed by atoms with E-state index in [1.54, 1.807) is 20.8 Å². The second kappa shape index (κ2) is 4.55. The van der Waals surface area contributed by atoms with Crippen molar-refractivity contribution in [2.24, 2.45) is 0 Å². The van der Waals surface area contributed by atoms with Crippen LogP contribution in [0.5, 0.6) is 0 Å². The number of fused-ring (bicyclic) bond motifs is 1. The van der Waals surface area contributed by atoms with E-state index in [4.69, 9.17) is 13.7 Å². The molecule has 23 heavy (non-hydrogen) atoms. The highest BCUT2D eigenvalue weighted by Gasteiger charge is 2.83. The smallest absolute Gasteiger partial charge is 0.326 e. The van der Waals surface area contributed by atoms with Crippen LogP contribution in [0.1, 0.15) is 27.2 Å². The fraction of sp³-hybridized carbons (Fsp3) is 0.714. The van der Waals surface area contributed by atoms with Gasteiger partial charge in [0, 0.05) is 6.42 Å². The van der Waals surface area contributed by atoms with Crippen LogP contribution >= 0.6 is 0 Å². The van der Waals surface area contributed by atoms with Crippen molar-refractivity contribution in [2.75, 3.05) is 6.54 Å². The molecule has 9 heteroatoms. The summed E-state index contributed by atoms with van der Waals surface area (Å²) in [6.45, 7) is 7.83. The molecule has 3 rings (SSSR count). The van der Waals surface area contributed by atoms with Crippen LogP contribution in [0.3, 0.4) is 0 Å². The second-order valence-electron chi connectivity index (χ2n) is 6.62. The Bertz CT molecular complexity index is 704. The molecule has 128 valence electrons. The standard InChI is InChI=1S/C14H19NO7S/c1-5-9(16)15-7-10(17)20-14(4)12(2)6-8-11(21-12)13(14,3)22-23(8,18)19/h5,8,11H,1,6-7H2,2-4H3,(H,15,16). The van der Waals surface area contributed by atoms with E-state index in [-0.39, 0.29) is 13.0 Å². The molecule has 0 saturated carbocycles. The molecule has 2 bridgehead atoms. The highest BCUT2D eigenvalue weighted by atomic mass is 32.2. The highest BCUT2D eigenvalue weighted by Crippen LogP contribution is 2.64. The third-order valence-corrected chi connectivity index (χ3v) is 7.12. The molecule has 5 atom stereocenters. The predicted octanol–water partition coefficient (Wildman–Crippen LogP) is -0.361. The molecule has 1 amide bonds. The molecule has 0 aromatic rings. The Hall–Kier alpha value is -1.45. The Balaban J connectivity index is 1.86. The summed E-state index contributed by atoms with van der Waals surface area (Å²) in [7, 11) is -3.76. The molecule has 0 radical (unpaired) electrons. The molecule has 0 aliphatic carbocycles. The third kappa shape index (κ3) is 1.93. The average Bonchev–Trinajstić information content (AvgIpc) is 2.95. The van der Waals surface area contributed by atoms with E-state index in [1.807, 2.05) is 0 Å². The van der Waals surface area contributed by atoms with Gasteiger partial charge in [-0.25, -0.2) is 0 Å². The van der Waals surface area contributed by atoms with Crippen LogP contribution < -0.4 is 5.32 Å². The Morgan fingerprint density at radius 2 is 2.04 bits per heavy atom. The largest absolute Gasteiger partial charge is 0.452 e. The summed E-state index contributed by atoms with van der Waals surface area (Å²) in [6.07, 6.45) is 0.548. The molecule has 5 unspecified atom stereocenters. The Labute approximate surface area is 134 Å². The average molecular weight is 345 g/mol. The van der Waals surface area contributed by atoms with E-state index in [0.29, 0.717) is 0 Å². The number of carbonyl (C=O) groups is 2. The zero-order valence-corrected chi connectivity index (χ0v) is 13.9. The van der Waals surface area contributed by atoms with Crippen LogP contribution in [-0.2, 0) is 33.4 Å². The molecule has 0 spiro atoms. The zero-order chi connectivity index (χ0) is 17.3. The van der Waals surface area contributed by atoms with Crippen molar-refractivity contribution in [3.8, 4) is 0 Å². The van der Waals surface area contributed by atoms with Gasteiger partial charge in [-0.15, -0.1) is 0 Å². The molecule has 0 aromatic carbocycles. The fourth-order valence-electron chi connectivity index (χ4n) is 3.85. The Morgan fingerprint density at radius 3 is 2.65 bits per heavy atom. The van der Waals surface area contributed by atoms with E-state index in [1.165, 1.54) is 0 Å². The maximum atomic E-state index is 12.1. The maximum absolute atomic E-state index is 12.1. The van der Waals surface area contributed by atoms with Crippen molar-refractivity contribution in [3.05, 3.63) is 12.7 Å². The molecule has 1 N–H and O–H groups in total. The van der Waals surface area contributed by atoms with Gasteiger partial charge in [-0.2, -0.15) is 8.42 Å². The molecule has 0 aromatic heterocycles. The van der Waals surface area contributed by atoms with Gasteiger partial charge in [0.25, 0.3) is 10.1 Å². The first-order valence-corrected chi connectivity index (χ1v) is 8.71. The highest BCUT2D eigenvalue weighted by molar-refractivity contribution is 7.87. The summed E-state index contributed by atoms with van der Waals surface area (Å²) < 4.78 is 41.0. The SMILES string of the molecule is C=CC(=O)NCC(=O)OC1(C)C2(C)CC3C(O2)C1(C)OS3(=O)=O. The van der Waals surface area contributed by atoms with Crippen molar-refractivity contribution >= 4 is 22.0 Å². The van der Waals surface area contributed by atoms with Gasteiger partial charge in [0.15, 0.2) is 11.2 Å². The van der Waals surface area contributed by atoms with E-state index >= 15 is 0 Å². The lowest BCUT2D eigenvalue weighted by Gasteiger charge is -2.45. The summed E-state index contributed by atoms with van der Waals surface area (Å²) in [5.41, 5.74) is -3.55. The number of rotatable bonds is 4. The summed E-state index contributed by atoms with van der Waals surface area (Å²) >= 11 is 0. The van der Waals surface area contributed by atoms with Crippen LogP contribution in [0.15, 0.2) is 12.7 Å². The first-order valence-electron chi connectivity index (χ1n) is 7.23. The number of ether oxygens (including phenoxy) is 2. The third-order valence-electron chi connectivity index (χ3n) is 5.39. The molecule has 3 heterocycles. The number of hydrogen-bond donors (Lipinski definition) is 1. The monoisotopic (exact) mass is 345 g/mol. The van der Waals surface area contributed by atoms with Crippen LogP contribution in [0.2, 0.25) is 0 Å². The number of nitrogens with one attached hydrogen (secondary N) is 1. The van der Waals surface area contributed by atoms with Crippen molar-refractivity contribution in [2.45, 2.75) is 55.3 Å². The first kappa shape index (κ1) is 16.4. The topological polar surface area (TPSA) is 108 Å². The van der Waals surface area contributed by atoms with Gasteiger partial charge >= 0.3 is 5.97 Å². The lowest BCUT2D eigenvalue weighted by atomic mass is 9.67. The molecule has 3 saturated heterocycles. The molecule has 8 nitrogen and oxygen atoms in total. The number of amides is 1. The minimum absolute atomic E-state index is 0.193. The van der Waals surface area contributed by atoms with Gasteiger partial charge in [0.1, 0.15) is 23.5 Å². The quantitative estimate of drug-likeness (QED) is 0.421. The summed E-state index contributed by atoms with van der Waals surface area (Å²) in [4.78, 5) is 23.2. The van der Waals surface area contributed by atoms with E-state index in [2.05, 4.69) is 11.9 Å². The van der Waals surface area contributed by atoms with Crippen LogP contribution in [0.25, 0.3) is 0 Å². The lowest BCUT2D eigenvalue weighted by molar-refractivity contribution is -0.193. The van der Waals surface area contributed by atoms with Crippen molar-refractivity contribution in [3.63, 3.8) is 0 Å². The van der Waals surface area contributed by atoms with Gasteiger partial charge in [-0.1, -0.05) is 6.58 Å². The molecule has 3 aliphatic heterocycles. The van der Waals surface area contributed by atoms with Crippen molar-refractivity contribution < 1.29 is 31.7 Å². The molecular formula is C14H19NO7S. The minimum atomic E-state index is -3.76.